The van der Waals surface area contributed by atoms with Crippen molar-refractivity contribution in [3.63, 3.8) is 0 Å². The molecule has 1 aromatic carbocycles. The van der Waals surface area contributed by atoms with Crippen molar-refractivity contribution in [2.24, 2.45) is 0 Å². The summed E-state index contributed by atoms with van der Waals surface area (Å²) in [6.45, 7) is 5.78. The standard InChI is InChI=1S/C16H22N2O3/c1-2-18(13-4-3-7-17-11-13)16(19)12-5-6-14-15(10-12)21-9-8-20-14/h5-6,10,13,17H,2-4,7-9,11H2,1H3. The van der Waals surface area contributed by atoms with Gasteiger partial charge in [0.25, 0.3) is 5.91 Å². The molecule has 21 heavy (non-hydrogen) atoms. The molecule has 1 unspecified atom stereocenters. The van der Waals surface area contributed by atoms with Gasteiger partial charge in [-0.25, -0.2) is 0 Å². The fourth-order valence-electron chi connectivity index (χ4n) is 3.01. The maximum absolute atomic E-state index is 12.8. The van der Waals surface area contributed by atoms with E-state index >= 15 is 0 Å². The van der Waals surface area contributed by atoms with E-state index in [4.69, 9.17) is 9.47 Å². The molecule has 0 aliphatic carbocycles. The normalized spacial score (nSPS) is 20.9. The maximum Gasteiger partial charge on any atom is 0.254 e. The number of fused-ring (bicyclic) bond motifs is 1. The van der Waals surface area contributed by atoms with Gasteiger partial charge in [-0.3, -0.25) is 4.79 Å². The topological polar surface area (TPSA) is 50.8 Å². The van der Waals surface area contributed by atoms with Gasteiger partial charge in [0.05, 0.1) is 0 Å². The number of carbonyl (C=O) groups excluding carboxylic acids is 1. The molecular formula is C16H22N2O3. The zero-order valence-corrected chi connectivity index (χ0v) is 12.4. The third kappa shape index (κ3) is 2.97. The third-order valence-corrected chi connectivity index (χ3v) is 4.10. The first-order valence-electron chi connectivity index (χ1n) is 7.71. The largest absolute Gasteiger partial charge is 0.486 e. The lowest BCUT2D eigenvalue weighted by Gasteiger charge is -2.34. The summed E-state index contributed by atoms with van der Waals surface area (Å²) < 4.78 is 11.1. The van der Waals surface area contributed by atoms with E-state index in [1.54, 1.807) is 6.07 Å². The number of ether oxygens (including phenoxy) is 2. The quantitative estimate of drug-likeness (QED) is 0.920. The Hall–Kier alpha value is -1.75. The molecule has 1 aromatic rings. The van der Waals surface area contributed by atoms with E-state index in [1.807, 2.05) is 24.0 Å². The number of amides is 1. The van der Waals surface area contributed by atoms with Gasteiger partial charge in [0, 0.05) is 24.7 Å². The summed E-state index contributed by atoms with van der Waals surface area (Å²) in [5.74, 6) is 1.47. The smallest absolute Gasteiger partial charge is 0.254 e. The monoisotopic (exact) mass is 290 g/mol. The molecule has 2 aliphatic heterocycles. The van der Waals surface area contributed by atoms with Crippen LogP contribution in [0.15, 0.2) is 18.2 Å². The minimum atomic E-state index is 0.0724. The molecule has 2 heterocycles. The summed E-state index contributed by atoms with van der Waals surface area (Å²) in [5.41, 5.74) is 0.673. The minimum Gasteiger partial charge on any atom is -0.486 e. The highest BCUT2D eigenvalue weighted by Crippen LogP contribution is 2.31. The van der Waals surface area contributed by atoms with Crippen LogP contribution in [0.2, 0.25) is 0 Å². The van der Waals surface area contributed by atoms with Crippen LogP contribution in [0.1, 0.15) is 30.1 Å². The van der Waals surface area contributed by atoms with E-state index in [0.29, 0.717) is 24.5 Å². The highest BCUT2D eigenvalue weighted by Gasteiger charge is 2.26. The van der Waals surface area contributed by atoms with Crippen LogP contribution in [0, 0.1) is 0 Å². The SMILES string of the molecule is CCN(C(=O)c1ccc2c(c1)OCCO2)C1CCCNC1. The van der Waals surface area contributed by atoms with Gasteiger partial charge in [-0.15, -0.1) is 0 Å². The summed E-state index contributed by atoms with van der Waals surface area (Å²) in [4.78, 5) is 14.7. The average molecular weight is 290 g/mol. The van der Waals surface area contributed by atoms with Crippen molar-refractivity contribution in [2.45, 2.75) is 25.8 Å². The van der Waals surface area contributed by atoms with Crippen molar-refractivity contribution in [1.82, 2.24) is 10.2 Å². The number of hydrogen-bond acceptors (Lipinski definition) is 4. The first kappa shape index (κ1) is 14.2. The molecule has 0 saturated carbocycles. The van der Waals surface area contributed by atoms with Gasteiger partial charge in [0.15, 0.2) is 11.5 Å². The van der Waals surface area contributed by atoms with Crippen LogP contribution in [0.4, 0.5) is 0 Å². The maximum atomic E-state index is 12.8. The Balaban J connectivity index is 1.79. The van der Waals surface area contributed by atoms with Gasteiger partial charge >= 0.3 is 0 Å². The van der Waals surface area contributed by atoms with E-state index in [2.05, 4.69) is 5.32 Å². The summed E-state index contributed by atoms with van der Waals surface area (Å²) in [5, 5.41) is 3.37. The molecule has 0 bridgehead atoms. The molecule has 0 aromatic heterocycles. The van der Waals surface area contributed by atoms with Crippen LogP contribution in [0.5, 0.6) is 11.5 Å². The summed E-state index contributed by atoms with van der Waals surface area (Å²) in [6, 6.07) is 5.74. The van der Waals surface area contributed by atoms with Crippen molar-refractivity contribution in [3.8, 4) is 11.5 Å². The molecule has 1 N–H and O–H groups in total. The molecule has 1 saturated heterocycles. The lowest BCUT2D eigenvalue weighted by atomic mass is 10.0. The number of nitrogens with zero attached hydrogens (tertiary/aromatic N) is 1. The Morgan fingerprint density at radius 2 is 2.14 bits per heavy atom. The number of likely N-dealkylation sites (N-methyl/N-ethyl adjacent to an activating group) is 1. The molecule has 0 spiro atoms. The second kappa shape index (κ2) is 6.35. The van der Waals surface area contributed by atoms with Crippen molar-refractivity contribution in [3.05, 3.63) is 23.8 Å². The number of piperidine rings is 1. The van der Waals surface area contributed by atoms with E-state index in [0.717, 1.165) is 38.2 Å². The molecule has 114 valence electrons. The first-order valence-corrected chi connectivity index (χ1v) is 7.71. The summed E-state index contributed by atoms with van der Waals surface area (Å²) in [7, 11) is 0. The number of carbonyl (C=O) groups is 1. The van der Waals surface area contributed by atoms with Gasteiger partial charge in [0.2, 0.25) is 0 Å². The highest BCUT2D eigenvalue weighted by molar-refractivity contribution is 5.95. The molecule has 2 aliphatic rings. The van der Waals surface area contributed by atoms with Crippen LogP contribution in [0.25, 0.3) is 0 Å². The van der Waals surface area contributed by atoms with Crippen LogP contribution in [-0.4, -0.2) is 49.7 Å². The van der Waals surface area contributed by atoms with E-state index in [-0.39, 0.29) is 11.9 Å². The van der Waals surface area contributed by atoms with Crippen molar-refractivity contribution in [1.29, 1.82) is 0 Å². The van der Waals surface area contributed by atoms with Crippen LogP contribution in [0.3, 0.4) is 0 Å². The Morgan fingerprint density at radius 3 is 2.86 bits per heavy atom. The number of rotatable bonds is 3. The molecule has 5 heteroatoms. The fourth-order valence-corrected chi connectivity index (χ4v) is 3.01. The van der Waals surface area contributed by atoms with E-state index in [9.17, 15) is 4.79 Å². The second-order valence-corrected chi connectivity index (χ2v) is 5.45. The molecule has 3 rings (SSSR count). The Bertz CT molecular complexity index is 512. The van der Waals surface area contributed by atoms with Crippen molar-refractivity contribution in [2.75, 3.05) is 32.8 Å². The number of nitrogens with one attached hydrogen (secondary N) is 1. The predicted molar refractivity (Wildman–Crippen MR) is 80.0 cm³/mol. The van der Waals surface area contributed by atoms with E-state index in [1.165, 1.54) is 0 Å². The van der Waals surface area contributed by atoms with Crippen molar-refractivity contribution < 1.29 is 14.3 Å². The number of hydrogen-bond donors (Lipinski definition) is 1. The van der Waals surface area contributed by atoms with Gasteiger partial charge in [-0.1, -0.05) is 0 Å². The van der Waals surface area contributed by atoms with Crippen molar-refractivity contribution >= 4 is 5.91 Å². The lowest BCUT2D eigenvalue weighted by Crippen LogP contribution is -2.48. The minimum absolute atomic E-state index is 0.0724. The first-order chi connectivity index (χ1) is 10.3. The zero-order valence-electron chi connectivity index (χ0n) is 12.4. The zero-order chi connectivity index (χ0) is 14.7. The lowest BCUT2D eigenvalue weighted by molar-refractivity contribution is 0.0661. The predicted octanol–water partition coefficient (Wildman–Crippen LogP) is 1.67. The highest BCUT2D eigenvalue weighted by atomic mass is 16.6. The molecule has 5 nitrogen and oxygen atoms in total. The molecule has 1 atom stereocenters. The van der Waals surface area contributed by atoms with Crippen LogP contribution < -0.4 is 14.8 Å². The Morgan fingerprint density at radius 1 is 1.33 bits per heavy atom. The van der Waals surface area contributed by atoms with Gasteiger partial charge < -0.3 is 19.7 Å². The second-order valence-electron chi connectivity index (χ2n) is 5.45. The Kier molecular flexibility index (Phi) is 4.29. The van der Waals surface area contributed by atoms with Gasteiger partial charge in [-0.05, 0) is 44.5 Å². The van der Waals surface area contributed by atoms with E-state index < -0.39 is 0 Å². The Labute approximate surface area is 125 Å². The van der Waals surface area contributed by atoms with Gasteiger partial charge in [0.1, 0.15) is 13.2 Å². The van der Waals surface area contributed by atoms with Gasteiger partial charge in [-0.2, -0.15) is 0 Å². The average Bonchev–Trinajstić information content (AvgIpc) is 2.56. The fraction of sp³-hybridized carbons (Fsp3) is 0.562. The molecule has 1 amide bonds. The third-order valence-electron chi connectivity index (χ3n) is 4.10. The summed E-state index contributed by atoms with van der Waals surface area (Å²) in [6.07, 6.45) is 2.19. The molecular weight excluding hydrogens is 268 g/mol. The molecule has 0 radical (unpaired) electrons. The number of benzene rings is 1. The summed E-state index contributed by atoms with van der Waals surface area (Å²) >= 11 is 0. The molecule has 1 fully saturated rings. The van der Waals surface area contributed by atoms with Crippen LogP contribution >= 0.6 is 0 Å². The van der Waals surface area contributed by atoms with Crippen LogP contribution in [-0.2, 0) is 0 Å².